The number of pyridine rings is 3. The van der Waals surface area contributed by atoms with Crippen LogP contribution >= 0.6 is 0 Å². The SMILES string of the molecule is C=C(Cc1ccccc1)Nc1cncc(-c2ccc3[nH]nc(-c4cc5c(-c6ccncc6)cccc5[nH]4)c3n2)c1. The van der Waals surface area contributed by atoms with Gasteiger partial charge in [-0.3, -0.25) is 15.1 Å². The summed E-state index contributed by atoms with van der Waals surface area (Å²) in [5, 5.41) is 12.3. The number of hydrogen-bond acceptors (Lipinski definition) is 5. The molecule has 40 heavy (non-hydrogen) atoms. The Bertz CT molecular complexity index is 1970. The molecule has 0 aliphatic carbocycles. The number of nitrogens with zero attached hydrogens (tertiary/aromatic N) is 4. The molecule has 0 saturated carbocycles. The van der Waals surface area contributed by atoms with Gasteiger partial charge in [-0.25, -0.2) is 4.98 Å². The summed E-state index contributed by atoms with van der Waals surface area (Å²) in [6, 6.07) is 28.7. The van der Waals surface area contributed by atoms with E-state index in [1.165, 1.54) is 5.56 Å². The van der Waals surface area contributed by atoms with Gasteiger partial charge in [0.2, 0.25) is 0 Å². The maximum absolute atomic E-state index is 5.01. The summed E-state index contributed by atoms with van der Waals surface area (Å²) >= 11 is 0. The highest BCUT2D eigenvalue weighted by Gasteiger charge is 2.15. The van der Waals surface area contributed by atoms with Crippen LogP contribution in [0.2, 0.25) is 0 Å². The first-order valence-corrected chi connectivity index (χ1v) is 13.0. The molecular formula is C33H25N7. The highest BCUT2D eigenvalue weighted by atomic mass is 15.1. The van der Waals surface area contributed by atoms with Crippen molar-refractivity contribution in [3.8, 4) is 33.8 Å². The second-order valence-corrected chi connectivity index (χ2v) is 9.70. The van der Waals surface area contributed by atoms with E-state index in [4.69, 9.17) is 4.98 Å². The van der Waals surface area contributed by atoms with Crippen LogP contribution < -0.4 is 5.32 Å². The van der Waals surface area contributed by atoms with E-state index in [0.717, 1.165) is 73.5 Å². The number of aromatic amines is 2. The monoisotopic (exact) mass is 519 g/mol. The number of fused-ring (bicyclic) bond motifs is 2. The molecule has 0 bridgehead atoms. The minimum atomic E-state index is 0.737. The molecule has 0 aliphatic rings. The molecule has 5 heterocycles. The maximum Gasteiger partial charge on any atom is 0.135 e. The van der Waals surface area contributed by atoms with Gasteiger partial charge in [0.1, 0.15) is 11.2 Å². The number of anilines is 1. The quantitative estimate of drug-likeness (QED) is 0.204. The summed E-state index contributed by atoms with van der Waals surface area (Å²) in [6.45, 7) is 4.20. The molecule has 0 unspecified atom stereocenters. The first-order chi connectivity index (χ1) is 19.7. The third kappa shape index (κ3) is 4.50. The molecule has 192 valence electrons. The van der Waals surface area contributed by atoms with Crippen molar-refractivity contribution in [1.82, 2.24) is 30.1 Å². The molecule has 5 aromatic heterocycles. The lowest BCUT2D eigenvalue weighted by Crippen LogP contribution is -2.02. The van der Waals surface area contributed by atoms with Gasteiger partial charge in [-0.15, -0.1) is 0 Å². The second kappa shape index (κ2) is 9.96. The van der Waals surface area contributed by atoms with Crippen LogP contribution in [0, 0.1) is 0 Å². The number of rotatable bonds is 7. The highest BCUT2D eigenvalue weighted by Crippen LogP contribution is 2.34. The zero-order chi connectivity index (χ0) is 26.9. The minimum Gasteiger partial charge on any atom is -0.358 e. The van der Waals surface area contributed by atoms with E-state index in [1.54, 1.807) is 6.20 Å². The standard InChI is InChI=1S/C33H25N7/c1-21(16-22-6-3-2-4-7-22)36-25-17-24(19-35-20-25)28-10-11-30-32(38-28)33(40-39-30)31-18-27-26(8-5-9-29(27)37-31)23-12-14-34-15-13-23/h2-15,17-20,36-37H,1,16H2,(H,39,40). The van der Waals surface area contributed by atoms with Gasteiger partial charge in [-0.2, -0.15) is 5.10 Å². The lowest BCUT2D eigenvalue weighted by molar-refractivity contribution is 1.12. The fraction of sp³-hybridized carbons (Fsp3) is 0.0303. The first kappa shape index (κ1) is 23.5. The molecule has 3 N–H and O–H groups in total. The largest absolute Gasteiger partial charge is 0.358 e. The Balaban J connectivity index is 1.21. The Kier molecular flexibility index (Phi) is 5.86. The van der Waals surface area contributed by atoms with E-state index in [-0.39, 0.29) is 0 Å². The molecule has 0 radical (unpaired) electrons. The van der Waals surface area contributed by atoms with Gasteiger partial charge in [-0.05, 0) is 59.2 Å². The topological polar surface area (TPSA) is 95.2 Å². The van der Waals surface area contributed by atoms with Crippen LogP contribution in [-0.2, 0) is 6.42 Å². The Morgan fingerprint density at radius 1 is 0.800 bits per heavy atom. The Hall–Kier alpha value is -5.56. The number of hydrogen-bond donors (Lipinski definition) is 3. The molecule has 7 rings (SSSR count). The molecule has 0 spiro atoms. The summed E-state index contributed by atoms with van der Waals surface area (Å²) in [5.41, 5.74) is 11.3. The number of nitrogens with one attached hydrogen (secondary N) is 3. The highest BCUT2D eigenvalue weighted by molar-refractivity contribution is 6.00. The molecule has 0 aliphatic heterocycles. The Morgan fingerprint density at radius 3 is 2.55 bits per heavy atom. The van der Waals surface area contributed by atoms with Crippen molar-refractivity contribution in [2.24, 2.45) is 0 Å². The van der Waals surface area contributed by atoms with E-state index in [9.17, 15) is 0 Å². The summed E-state index contributed by atoms with van der Waals surface area (Å²) < 4.78 is 0. The van der Waals surface area contributed by atoms with Gasteiger partial charge in [-0.1, -0.05) is 49.0 Å². The second-order valence-electron chi connectivity index (χ2n) is 9.70. The zero-order valence-electron chi connectivity index (χ0n) is 21.6. The van der Waals surface area contributed by atoms with Crippen LogP contribution in [0.15, 0.2) is 122 Å². The lowest BCUT2D eigenvalue weighted by Gasteiger charge is -2.11. The predicted octanol–water partition coefficient (Wildman–Crippen LogP) is 7.40. The summed E-state index contributed by atoms with van der Waals surface area (Å²) in [6.07, 6.45) is 7.98. The van der Waals surface area contributed by atoms with Crippen molar-refractivity contribution in [2.75, 3.05) is 5.32 Å². The van der Waals surface area contributed by atoms with E-state index < -0.39 is 0 Å². The van der Waals surface area contributed by atoms with Gasteiger partial charge in [0.05, 0.1) is 28.8 Å². The molecule has 7 heteroatoms. The number of H-pyrrole nitrogens is 2. The molecule has 7 nitrogen and oxygen atoms in total. The van der Waals surface area contributed by atoms with Crippen molar-refractivity contribution in [2.45, 2.75) is 6.42 Å². The van der Waals surface area contributed by atoms with Crippen molar-refractivity contribution >= 4 is 27.6 Å². The van der Waals surface area contributed by atoms with Gasteiger partial charge < -0.3 is 10.3 Å². The van der Waals surface area contributed by atoms with Gasteiger partial charge in [0, 0.05) is 47.2 Å². The molecule has 7 aromatic rings. The van der Waals surface area contributed by atoms with Crippen LogP contribution in [0.4, 0.5) is 5.69 Å². The molecule has 0 saturated heterocycles. The number of benzene rings is 2. The maximum atomic E-state index is 5.01. The van der Waals surface area contributed by atoms with Crippen molar-refractivity contribution in [3.05, 3.63) is 128 Å². The minimum absolute atomic E-state index is 0.737. The summed E-state index contributed by atoms with van der Waals surface area (Å²) in [4.78, 5) is 17.2. The smallest absolute Gasteiger partial charge is 0.135 e. The third-order valence-corrected chi connectivity index (χ3v) is 6.93. The van der Waals surface area contributed by atoms with E-state index in [2.05, 4.69) is 73.4 Å². The van der Waals surface area contributed by atoms with E-state index in [0.29, 0.717) is 0 Å². The summed E-state index contributed by atoms with van der Waals surface area (Å²) in [5.74, 6) is 0. The normalized spacial score (nSPS) is 11.2. The van der Waals surface area contributed by atoms with E-state index in [1.807, 2.05) is 67.1 Å². The fourth-order valence-electron chi connectivity index (χ4n) is 5.05. The van der Waals surface area contributed by atoms with Crippen LogP contribution in [0.5, 0.6) is 0 Å². The number of allylic oxidation sites excluding steroid dienone is 1. The summed E-state index contributed by atoms with van der Waals surface area (Å²) in [7, 11) is 0. The average molecular weight is 520 g/mol. The Labute approximate surface area is 230 Å². The van der Waals surface area contributed by atoms with Crippen LogP contribution in [0.3, 0.4) is 0 Å². The fourth-order valence-corrected chi connectivity index (χ4v) is 5.05. The van der Waals surface area contributed by atoms with Crippen LogP contribution in [0.1, 0.15) is 5.56 Å². The number of aromatic nitrogens is 6. The average Bonchev–Trinajstić information content (AvgIpc) is 3.62. The lowest BCUT2D eigenvalue weighted by atomic mass is 10.0. The molecular weight excluding hydrogens is 494 g/mol. The predicted molar refractivity (Wildman–Crippen MR) is 161 cm³/mol. The zero-order valence-corrected chi connectivity index (χ0v) is 21.6. The van der Waals surface area contributed by atoms with E-state index >= 15 is 0 Å². The third-order valence-electron chi connectivity index (χ3n) is 6.93. The van der Waals surface area contributed by atoms with Gasteiger partial charge >= 0.3 is 0 Å². The first-order valence-electron chi connectivity index (χ1n) is 13.0. The molecule has 0 fully saturated rings. The van der Waals surface area contributed by atoms with Crippen molar-refractivity contribution < 1.29 is 0 Å². The molecule has 0 atom stereocenters. The van der Waals surface area contributed by atoms with Crippen molar-refractivity contribution in [3.63, 3.8) is 0 Å². The van der Waals surface area contributed by atoms with Crippen LogP contribution in [-0.4, -0.2) is 30.1 Å². The van der Waals surface area contributed by atoms with Gasteiger partial charge in [0.15, 0.2) is 0 Å². The Morgan fingerprint density at radius 2 is 1.68 bits per heavy atom. The van der Waals surface area contributed by atoms with Crippen LogP contribution in [0.25, 0.3) is 55.7 Å². The van der Waals surface area contributed by atoms with Crippen molar-refractivity contribution in [1.29, 1.82) is 0 Å². The molecule has 2 aromatic carbocycles. The molecule has 0 amide bonds. The van der Waals surface area contributed by atoms with Gasteiger partial charge in [0.25, 0.3) is 0 Å².